The summed E-state index contributed by atoms with van der Waals surface area (Å²) in [7, 11) is 0. The second kappa shape index (κ2) is 9.67. The van der Waals surface area contributed by atoms with Crippen LogP contribution in [0.3, 0.4) is 0 Å². The fourth-order valence-electron chi connectivity index (χ4n) is 6.89. The molecule has 0 unspecified atom stereocenters. The zero-order valence-electron chi connectivity index (χ0n) is 19.6. The van der Waals surface area contributed by atoms with Crippen LogP contribution in [0.1, 0.15) is 93.9 Å². The van der Waals surface area contributed by atoms with Gasteiger partial charge in [-0.3, -0.25) is 4.90 Å². The lowest BCUT2D eigenvalue weighted by atomic mass is 9.88. The highest BCUT2D eigenvalue weighted by Crippen LogP contribution is 2.34. The van der Waals surface area contributed by atoms with E-state index in [-0.39, 0.29) is 6.10 Å². The molecule has 0 bridgehead atoms. The van der Waals surface area contributed by atoms with Crippen LogP contribution in [0, 0.1) is 6.92 Å². The molecule has 0 radical (unpaired) electrons. The van der Waals surface area contributed by atoms with Gasteiger partial charge in [0, 0.05) is 35.2 Å². The zero-order valence-corrected chi connectivity index (χ0v) is 19.6. The van der Waals surface area contributed by atoms with Gasteiger partial charge in [0.1, 0.15) is 0 Å². The maximum absolute atomic E-state index is 11.4. The van der Waals surface area contributed by atoms with E-state index >= 15 is 0 Å². The van der Waals surface area contributed by atoms with Crippen molar-refractivity contribution in [3.63, 3.8) is 0 Å². The monoisotopic (exact) mass is 422 g/mol. The summed E-state index contributed by atoms with van der Waals surface area (Å²) in [6.07, 6.45) is 18.3. The minimum Gasteiger partial charge on any atom is -0.390 e. The standard InChI is InChI=1S/C28H42N2O/c1-21-16-17-28-26(18-21)25-14-8-9-15-27(25)30(28)20-24(31)19-29(22-10-4-2-5-11-22)23-12-6-3-7-13-23/h16-18,22-24,31H,2-15,19-20H2,1H3/t24-/m1/s1. The summed E-state index contributed by atoms with van der Waals surface area (Å²) in [6, 6.07) is 8.32. The number of aryl methyl sites for hydroxylation is 2. The normalized spacial score (nSPS) is 22.2. The number of rotatable bonds is 6. The van der Waals surface area contributed by atoms with Gasteiger partial charge in [0.15, 0.2) is 0 Å². The summed E-state index contributed by atoms with van der Waals surface area (Å²) in [4.78, 5) is 2.77. The van der Waals surface area contributed by atoms with Crippen molar-refractivity contribution in [1.29, 1.82) is 0 Å². The van der Waals surface area contributed by atoms with E-state index in [1.807, 2.05) is 0 Å². The molecule has 5 rings (SSSR count). The van der Waals surface area contributed by atoms with Gasteiger partial charge in [0.05, 0.1) is 12.6 Å². The second-order valence-corrected chi connectivity index (χ2v) is 10.7. The third kappa shape index (κ3) is 4.59. The first kappa shape index (κ1) is 21.5. The lowest BCUT2D eigenvalue weighted by Crippen LogP contribution is -2.49. The maximum Gasteiger partial charge on any atom is 0.0846 e. The number of hydrogen-bond acceptors (Lipinski definition) is 2. The van der Waals surface area contributed by atoms with Crippen LogP contribution in [0.15, 0.2) is 18.2 Å². The van der Waals surface area contributed by atoms with Gasteiger partial charge in [-0.2, -0.15) is 0 Å². The molecule has 1 aromatic heterocycles. The van der Waals surface area contributed by atoms with Gasteiger partial charge < -0.3 is 9.67 Å². The van der Waals surface area contributed by atoms with Crippen LogP contribution < -0.4 is 0 Å². The molecule has 2 saturated carbocycles. The number of aliphatic hydroxyl groups is 1. The Morgan fingerprint density at radius 3 is 2.23 bits per heavy atom. The first-order valence-electron chi connectivity index (χ1n) is 13.2. The maximum atomic E-state index is 11.4. The zero-order chi connectivity index (χ0) is 21.2. The van der Waals surface area contributed by atoms with E-state index in [2.05, 4.69) is 34.6 Å². The number of benzene rings is 1. The van der Waals surface area contributed by atoms with E-state index in [1.54, 1.807) is 5.56 Å². The second-order valence-electron chi connectivity index (χ2n) is 10.7. The Balaban J connectivity index is 1.38. The smallest absolute Gasteiger partial charge is 0.0846 e. The van der Waals surface area contributed by atoms with Crippen molar-refractivity contribution in [3.8, 4) is 0 Å². The summed E-state index contributed by atoms with van der Waals surface area (Å²) in [5.74, 6) is 0. The molecule has 1 aromatic carbocycles. The van der Waals surface area contributed by atoms with Crippen LogP contribution in [-0.4, -0.2) is 39.3 Å². The Morgan fingerprint density at radius 2 is 1.55 bits per heavy atom. The van der Waals surface area contributed by atoms with Crippen LogP contribution in [-0.2, 0) is 19.4 Å². The minimum atomic E-state index is -0.285. The number of nitrogens with zero attached hydrogens (tertiary/aromatic N) is 2. The molecular formula is C28H42N2O. The molecule has 0 saturated heterocycles. The average molecular weight is 423 g/mol. The van der Waals surface area contributed by atoms with Crippen molar-refractivity contribution in [1.82, 2.24) is 9.47 Å². The minimum absolute atomic E-state index is 0.285. The fraction of sp³-hybridized carbons (Fsp3) is 0.714. The first-order valence-corrected chi connectivity index (χ1v) is 13.2. The highest BCUT2D eigenvalue weighted by molar-refractivity contribution is 5.86. The van der Waals surface area contributed by atoms with Gasteiger partial charge >= 0.3 is 0 Å². The van der Waals surface area contributed by atoms with Crippen molar-refractivity contribution >= 4 is 10.9 Å². The van der Waals surface area contributed by atoms with E-state index in [0.717, 1.165) is 13.1 Å². The average Bonchev–Trinajstić information content (AvgIpc) is 3.11. The quantitative estimate of drug-likeness (QED) is 0.604. The van der Waals surface area contributed by atoms with Crippen molar-refractivity contribution in [2.45, 2.75) is 122 Å². The lowest BCUT2D eigenvalue weighted by molar-refractivity contribution is 0.0235. The van der Waals surface area contributed by atoms with Crippen molar-refractivity contribution in [3.05, 3.63) is 35.0 Å². The molecule has 31 heavy (non-hydrogen) atoms. The Hall–Kier alpha value is -1.32. The Labute approximate surface area is 188 Å². The molecule has 3 heteroatoms. The highest BCUT2D eigenvalue weighted by Gasteiger charge is 2.31. The van der Waals surface area contributed by atoms with Crippen LogP contribution in [0.2, 0.25) is 0 Å². The largest absolute Gasteiger partial charge is 0.390 e. The summed E-state index contributed by atoms with van der Waals surface area (Å²) >= 11 is 0. The molecule has 0 spiro atoms. The Kier molecular flexibility index (Phi) is 6.71. The highest BCUT2D eigenvalue weighted by atomic mass is 16.3. The van der Waals surface area contributed by atoms with Gasteiger partial charge in [0.2, 0.25) is 0 Å². The molecule has 1 atom stereocenters. The predicted molar refractivity (Wildman–Crippen MR) is 130 cm³/mol. The van der Waals surface area contributed by atoms with Crippen LogP contribution in [0.25, 0.3) is 10.9 Å². The molecule has 170 valence electrons. The van der Waals surface area contributed by atoms with Gasteiger partial charge in [0.25, 0.3) is 0 Å². The molecule has 1 N–H and O–H groups in total. The first-order chi connectivity index (χ1) is 15.2. The van der Waals surface area contributed by atoms with Gasteiger partial charge in [-0.05, 0) is 76.0 Å². The number of aliphatic hydroxyl groups excluding tert-OH is 1. The van der Waals surface area contributed by atoms with Crippen LogP contribution in [0.4, 0.5) is 0 Å². The molecule has 3 nitrogen and oxygen atoms in total. The van der Waals surface area contributed by atoms with Gasteiger partial charge in [-0.25, -0.2) is 0 Å². The molecule has 0 amide bonds. The van der Waals surface area contributed by atoms with Gasteiger partial charge in [-0.15, -0.1) is 0 Å². The van der Waals surface area contributed by atoms with Crippen LogP contribution >= 0.6 is 0 Å². The molecule has 3 aliphatic rings. The Morgan fingerprint density at radius 1 is 0.903 bits per heavy atom. The SMILES string of the molecule is Cc1ccc2c(c1)c1c(n2C[C@H](O)CN(C2CCCCC2)C2CCCCC2)CCCC1. The van der Waals surface area contributed by atoms with Crippen molar-refractivity contribution in [2.75, 3.05) is 6.54 Å². The lowest BCUT2D eigenvalue weighted by Gasteiger charge is -2.42. The predicted octanol–water partition coefficient (Wildman–Crippen LogP) is 6.16. The summed E-state index contributed by atoms with van der Waals surface area (Å²) in [5.41, 5.74) is 5.76. The van der Waals surface area contributed by atoms with Crippen molar-refractivity contribution in [2.24, 2.45) is 0 Å². The number of aromatic nitrogens is 1. The molecule has 2 fully saturated rings. The van der Waals surface area contributed by atoms with Gasteiger partial charge in [-0.1, -0.05) is 50.2 Å². The molecule has 0 aliphatic heterocycles. The van der Waals surface area contributed by atoms with E-state index < -0.39 is 0 Å². The van der Waals surface area contributed by atoms with E-state index in [0.29, 0.717) is 12.1 Å². The third-order valence-electron chi connectivity index (χ3n) is 8.43. The summed E-state index contributed by atoms with van der Waals surface area (Å²) in [5, 5.41) is 12.8. The molecule has 2 aromatic rings. The number of fused-ring (bicyclic) bond motifs is 3. The van der Waals surface area contributed by atoms with E-state index in [1.165, 1.54) is 112 Å². The number of hydrogen-bond donors (Lipinski definition) is 1. The molecular weight excluding hydrogens is 380 g/mol. The molecule has 1 heterocycles. The summed E-state index contributed by atoms with van der Waals surface area (Å²) < 4.78 is 2.49. The summed E-state index contributed by atoms with van der Waals surface area (Å²) in [6.45, 7) is 3.81. The van der Waals surface area contributed by atoms with Crippen LogP contribution in [0.5, 0.6) is 0 Å². The van der Waals surface area contributed by atoms with Crippen molar-refractivity contribution < 1.29 is 5.11 Å². The van der Waals surface area contributed by atoms with E-state index in [4.69, 9.17) is 0 Å². The molecule has 3 aliphatic carbocycles. The fourth-order valence-corrected chi connectivity index (χ4v) is 6.89. The van der Waals surface area contributed by atoms with E-state index in [9.17, 15) is 5.11 Å². The topological polar surface area (TPSA) is 28.4 Å². The Bertz CT molecular complexity index is 855. The third-order valence-corrected chi connectivity index (χ3v) is 8.43.